The van der Waals surface area contributed by atoms with E-state index in [0.29, 0.717) is 5.92 Å². The van der Waals surface area contributed by atoms with Gasteiger partial charge in [0.25, 0.3) is 0 Å². The van der Waals surface area contributed by atoms with Crippen LogP contribution in [0, 0.1) is 5.92 Å². The number of rotatable bonds is 2. The van der Waals surface area contributed by atoms with Crippen LogP contribution in [0.1, 0.15) is 42.9 Å². The molecule has 2 aromatic rings. The molecule has 2 aromatic carbocycles. The van der Waals surface area contributed by atoms with Gasteiger partial charge in [-0.1, -0.05) is 80.1 Å². The number of hydrogen-bond donors (Lipinski definition) is 0. The summed E-state index contributed by atoms with van der Waals surface area (Å²) >= 11 is 0. The van der Waals surface area contributed by atoms with Gasteiger partial charge in [0.15, 0.2) is 0 Å². The third-order valence-electron chi connectivity index (χ3n) is 4.67. The van der Waals surface area contributed by atoms with E-state index < -0.39 is 0 Å². The van der Waals surface area contributed by atoms with Crippen molar-refractivity contribution in [3.63, 3.8) is 0 Å². The topological polar surface area (TPSA) is 0 Å². The fraction of sp³-hybridized carbons (Fsp3) is 0.190. The molecule has 0 aliphatic heterocycles. The van der Waals surface area contributed by atoms with Crippen molar-refractivity contribution in [2.45, 2.75) is 26.2 Å². The van der Waals surface area contributed by atoms with E-state index in [9.17, 15) is 0 Å². The average Bonchev–Trinajstić information content (AvgIpc) is 3.11. The van der Waals surface area contributed by atoms with Crippen LogP contribution in [0.25, 0.3) is 11.1 Å². The Morgan fingerprint density at radius 1 is 0.952 bits per heavy atom. The molecule has 1 atom stereocenters. The molecule has 4 rings (SSSR count). The minimum atomic E-state index is 0.428. The van der Waals surface area contributed by atoms with E-state index in [1.807, 2.05) is 0 Å². The molecule has 0 saturated heterocycles. The molecule has 0 heteroatoms. The van der Waals surface area contributed by atoms with E-state index in [-0.39, 0.29) is 0 Å². The van der Waals surface area contributed by atoms with Crippen LogP contribution in [0.4, 0.5) is 0 Å². The summed E-state index contributed by atoms with van der Waals surface area (Å²) in [7, 11) is 0. The maximum atomic E-state index is 2.30. The Labute approximate surface area is 126 Å². The Morgan fingerprint density at radius 3 is 2.52 bits per heavy atom. The summed E-state index contributed by atoms with van der Waals surface area (Å²) < 4.78 is 0. The van der Waals surface area contributed by atoms with Crippen LogP contribution in [-0.4, -0.2) is 0 Å². The van der Waals surface area contributed by atoms with Gasteiger partial charge in [-0.3, -0.25) is 0 Å². The van der Waals surface area contributed by atoms with E-state index in [1.165, 1.54) is 39.3 Å². The van der Waals surface area contributed by atoms with Crippen LogP contribution in [-0.2, 0) is 0 Å². The lowest BCUT2D eigenvalue weighted by Gasteiger charge is -2.20. The lowest BCUT2D eigenvalue weighted by molar-refractivity contribution is 0.927. The van der Waals surface area contributed by atoms with Crippen molar-refractivity contribution >= 4 is 0 Å². The SMILES string of the molecule is C[C](C)c1cccc2c1C(C1=CC=CC1)c1ccccc1-2. The van der Waals surface area contributed by atoms with E-state index >= 15 is 0 Å². The highest BCUT2D eigenvalue weighted by atomic mass is 14.4. The molecule has 0 aromatic heterocycles. The lowest BCUT2D eigenvalue weighted by atomic mass is 9.83. The summed E-state index contributed by atoms with van der Waals surface area (Å²) in [6.07, 6.45) is 7.84. The molecule has 0 nitrogen and oxygen atoms in total. The standard InChI is InChI=1S/C21H19/c1-14(2)16-12-7-13-19-17-10-5-6-11-18(17)20(21(16)19)15-8-3-4-9-15/h3-8,10-13,20H,9H2,1-2H3. The Balaban J connectivity index is 2.00. The molecular weight excluding hydrogens is 252 g/mol. The van der Waals surface area contributed by atoms with Gasteiger partial charge < -0.3 is 0 Å². The fourth-order valence-electron chi connectivity index (χ4n) is 3.76. The van der Waals surface area contributed by atoms with Crippen molar-refractivity contribution in [1.82, 2.24) is 0 Å². The van der Waals surface area contributed by atoms with Crippen molar-refractivity contribution in [2.24, 2.45) is 0 Å². The molecule has 1 unspecified atom stereocenters. The first-order chi connectivity index (χ1) is 10.3. The van der Waals surface area contributed by atoms with E-state index in [1.54, 1.807) is 0 Å². The Morgan fingerprint density at radius 2 is 1.76 bits per heavy atom. The highest BCUT2D eigenvalue weighted by Crippen LogP contribution is 2.51. The first-order valence-electron chi connectivity index (χ1n) is 7.65. The monoisotopic (exact) mass is 271 g/mol. The summed E-state index contributed by atoms with van der Waals surface area (Å²) in [6.45, 7) is 4.44. The Kier molecular flexibility index (Phi) is 2.85. The third-order valence-corrected chi connectivity index (χ3v) is 4.67. The minimum Gasteiger partial charge on any atom is -0.0804 e. The van der Waals surface area contributed by atoms with Gasteiger partial charge in [-0.2, -0.15) is 0 Å². The van der Waals surface area contributed by atoms with Gasteiger partial charge in [-0.25, -0.2) is 0 Å². The average molecular weight is 271 g/mol. The molecule has 0 amide bonds. The molecule has 21 heavy (non-hydrogen) atoms. The van der Waals surface area contributed by atoms with Gasteiger partial charge in [0, 0.05) is 5.92 Å². The van der Waals surface area contributed by atoms with Crippen molar-refractivity contribution in [3.8, 4) is 11.1 Å². The molecule has 103 valence electrons. The lowest BCUT2D eigenvalue weighted by Crippen LogP contribution is -2.04. The predicted molar refractivity (Wildman–Crippen MR) is 89.3 cm³/mol. The second kappa shape index (κ2) is 4.73. The van der Waals surface area contributed by atoms with Crippen LogP contribution < -0.4 is 0 Å². The van der Waals surface area contributed by atoms with Crippen LogP contribution >= 0.6 is 0 Å². The molecule has 0 bridgehead atoms. The molecule has 0 saturated carbocycles. The second-order valence-electron chi connectivity index (χ2n) is 6.16. The summed E-state index contributed by atoms with van der Waals surface area (Å²) in [5.74, 6) is 1.83. The van der Waals surface area contributed by atoms with Crippen LogP contribution in [0.3, 0.4) is 0 Å². The zero-order valence-electron chi connectivity index (χ0n) is 12.6. The summed E-state index contributed by atoms with van der Waals surface area (Å²) in [4.78, 5) is 0. The molecule has 2 aliphatic carbocycles. The van der Waals surface area contributed by atoms with Gasteiger partial charge >= 0.3 is 0 Å². The molecule has 0 spiro atoms. The number of fused-ring (bicyclic) bond motifs is 3. The van der Waals surface area contributed by atoms with Gasteiger partial charge in [-0.15, -0.1) is 0 Å². The zero-order valence-corrected chi connectivity index (χ0v) is 12.6. The first kappa shape index (κ1) is 12.6. The third kappa shape index (κ3) is 1.82. The van der Waals surface area contributed by atoms with Crippen molar-refractivity contribution < 1.29 is 0 Å². The van der Waals surface area contributed by atoms with Crippen LogP contribution in [0.2, 0.25) is 0 Å². The molecule has 0 heterocycles. The minimum absolute atomic E-state index is 0.428. The maximum absolute atomic E-state index is 2.30. The highest BCUT2D eigenvalue weighted by Gasteiger charge is 2.33. The maximum Gasteiger partial charge on any atom is 0.0320 e. The van der Waals surface area contributed by atoms with Gasteiger partial charge in [0.2, 0.25) is 0 Å². The van der Waals surface area contributed by atoms with E-state index in [2.05, 4.69) is 74.5 Å². The second-order valence-corrected chi connectivity index (χ2v) is 6.16. The largest absolute Gasteiger partial charge is 0.0804 e. The molecule has 1 radical (unpaired) electrons. The van der Waals surface area contributed by atoms with E-state index in [0.717, 1.165) is 6.42 Å². The van der Waals surface area contributed by atoms with Crippen molar-refractivity contribution in [3.05, 3.63) is 88.9 Å². The van der Waals surface area contributed by atoms with Gasteiger partial charge in [0.1, 0.15) is 0 Å². The number of allylic oxidation sites excluding steroid dienone is 4. The molecule has 0 N–H and O–H groups in total. The molecule has 2 aliphatic rings. The van der Waals surface area contributed by atoms with Crippen molar-refractivity contribution in [2.75, 3.05) is 0 Å². The summed E-state index contributed by atoms with van der Waals surface area (Å²) in [6, 6.07) is 15.6. The number of benzene rings is 2. The molecular formula is C21H19. The Hall–Kier alpha value is -2.08. The smallest absolute Gasteiger partial charge is 0.0320 e. The Bertz CT molecular complexity index is 759. The van der Waals surface area contributed by atoms with Gasteiger partial charge in [-0.05, 0) is 40.2 Å². The van der Waals surface area contributed by atoms with Crippen LogP contribution in [0.5, 0.6) is 0 Å². The van der Waals surface area contributed by atoms with E-state index in [4.69, 9.17) is 0 Å². The van der Waals surface area contributed by atoms with Gasteiger partial charge in [0.05, 0.1) is 0 Å². The summed E-state index contributed by atoms with van der Waals surface area (Å²) in [5.41, 5.74) is 8.75. The quantitative estimate of drug-likeness (QED) is 0.662. The first-order valence-corrected chi connectivity index (χ1v) is 7.65. The fourth-order valence-corrected chi connectivity index (χ4v) is 3.76. The highest BCUT2D eigenvalue weighted by molar-refractivity contribution is 5.82. The normalized spacial score (nSPS) is 18.8. The molecule has 0 fully saturated rings. The van der Waals surface area contributed by atoms with Crippen molar-refractivity contribution in [1.29, 1.82) is 0 Å². The number of hydrogen-bond acceptors (Lipinski definition) is 0. The summed E-state index contributed by atoms with van der Waals surface area (Å²) in [5, 5.41) is 0. The van der Waals surface area contributed by atoms with Crippen LogP contribution in [0.15, 0.2) is 66.3 Å². The zero-order chi connectivity index (χ0) is 14.4. The predicted octanol–water partition coefficient (Wildman–Crippen LogP) is 5.65.